The van der Waals surface area contributed by atoms with Gasteiger partial charge in [0.15, 0.2) is 5.82 Å². The first-order valence-electron chi connectivity index (χ1n) is 4.07. The van der Waals surface area contributed by atoms with Gasteiger partial charge >= 0.3 is 6.18 Å². The Balaban J connectivity index is 2.38. The van der Waals surface area contributed by atoms with Crippen LogP contribution in [0.25, 0.3) is 0 Å². The third-order valence-electron chi connectivity index (χ3n) is 1.67. The number of aliphatic hydroxyl groups excluding tert-OH is 1. The van der Waals surface area contributed by atoms with Gasteiger partial charge in [0.25, 0.3) is 0 Å². The van der Waals surface area contributed by atoms with Crippen molar-refractivity contribution in [3.05, 3.63) is 12.2 Å². The zero-order valence-electron chi connectivity index (χ0n) is 7.33. The van der Waals surface area contributed by atoms with E-state index in [1.807, 2.05) is 0 Å². The largest absolute Gasteiger partial charge is 0.389 e. The van der Waals surface area contributed by atoms with Crippen LogP contribution in [-0.2, 0) is 13.2 Å². The normalized spacial score (nSPS) is 12.0. The third-order valence-corrected chi connectivity index (χ3v) is 1.67. The van der Waals surface area contributed by atoms with Crippen LogP contribution in [0.3, 0.4) is 0 Å². The molecule has 4 nitrogen and oxygen atoms in total. The molecule has 0 aliphatic heterocycles. The predicted octanol–water partition coefficient (Wildman–Crippen LogP) is 1.11. The zero-order valence-corrected chi connectivity index (χ0v) is 7.33. The quantitative estimate of drug-likeness (QED) is 0.808. The Bertz CT molecular complexity index is 284. The van der Waals surface area contributed by atoms with Crippen LogP contribution in [0.15, 0.2) is 6.33 Å². The molecule has 1 rings (SSSR count). The fraction of sp³-hybridized carbons (Fsp3) is 0.714. The lowest BCUT2D eigenvalue weighted by atomic mass is 10.3. The van der Waals surface area contributed by atoms with Crippen LogP contribution >= 0.6 is 0 Å². The summed E-state index contributed by atoms with van der Waals surface area (Å²) < 4.78 is 36.6. The molecule has 1 aromatic heterocycles. The van der Waals surface area contributed by atoms with Gasteiger partial charge in [0.2, 0.25) is 0 Å². The fourth-order valence-electron chi connectivity index (χ4n) is 1.03. The predicted molar refractivity (Wildman–Crippen MR) is 41.2 cm³/mol. The summed E-state index contributed by atoms with van der Waals surface area (Å²) in [6, 6.07) is 0. The second-order valence-corrected chi connectivity index (χ2v) is 2.78. The SMILES string of the molecule is OCc1ncnn1CCCC(F)(F)F. The van der Waals surface area contributed by atoms with Gasteiger partial charge in [0, 0.05) is 13.0 Å². The minimum atomic E-state index is -4.14. The molecule has 1 heterocycles. The van der Waals surface area contributed by atoms with Gasteiger partial charge in [-0.15, -0.1) is 0 Å². The summed E-state index contributed by atoms with van der Waals surface area (Å²) >= 11 is 0. The molecule has 0 atom stereocenters. The van der Waals surface area contributed by atoms with Gasteiger partial charge < -0.3 is 5.11 Å². The molecular weight excluding hydrogens is 199 g/mol. The second-order valence-electron chi connectivity index (χ2n) is 2.78. The van der Waals surface area contributed by atoms with Crippen molar-refractivity contribution in [2.45, 2.75) is 32.2 Å². The van der Waals surface area contributed by atoms with E-state index in [4.69, 9.17) is 5.11 Å². The van der Waals surface area contributed by atoms with E-state index in [-0.39, 0.29) is 25.4 Å². The van der Waals surface area contributed by atoms with Gasteiger partial charge in [-0.05, 0) is 6.42 Å². The van der Waals surface area contributed by atoms with Crippen LogP contribution in [0.2, 0.25) is 0 Å². The standard InChI is InChI=1S/C7H10F3N3O/c8-7(9,10)2-1-3-13-6(4-14)11-5-12-13/h5,14H,1-4H2. The van der Waals surface area contributed by atoms with E-state index in [1.165, 1.54) is 11.0 Å². The van der Waals surface area contributed by atoms with E-state index < -0.39 is 12.6 Å². The number of aryl methyl sites for hydroxylation is 1. The number of hydrogen-bond acceptors (Lipinski definition) is 3. The minimum absolute atomic E-state index is 0.0557. The van der Waals surface area contributed by atoms with Crippen molar-refractivity contribution in [1.82, 2.24) is 14.8 Å². The van der Waals surface area contributed by atoms with Crippen LogP contribution in [0.4, 0.5) is 13.2 Å². The Morgan fingerprint density at radius 3 is 2.71 bits per heavy atom. The molecule has 0 aliphatic carbocycles. The molecule has 0 radical (unpaired) electrons. The minimum Gasteiger partial charge on any atom is -0.388 e. The van der Waals surface area contributed by atoms with E-state index in [9.17, 15) is 13.2 Å². The maximum atomic E-state index is 11.8. The van der Waals surface area contributed by atoms with Crippen molar-refractivity contribution >= 4 is 0 Å². The van der Waals surface area contributed by atoms with E-state index >= 15 is 0 Å². The summed E-state index contributed by atoms with van der Waals surface area (Å²) in [6.45, 7) is -0.193. The first kappa shape index (κ1) is 11.0. The number of aromatic nitrogens is 3. The molecular formula is C7H10F3N3O. The molecule has 0 amide bonds. The summed E-state index contributed by atoms with van der Waals surface area (Å²) in [4.78, 5) is 3.67. The number of halogens is 3. The molecule has 1 N–H and O–H groups in total. The van der Waals surface area contributed by atoms with Crippen molar-refractivity contribution in [3.63, 3.8) is 0 Å². The van der Waals surface area contributed by atoms with E-state index in [1.54, 1.807) is 0 Å². The summed E-state index contributed by atoms with van der Waals surface area (Å²) in [6.07, 6.45) is -3.84. The van der Waals surface area contributed by atoms with Crippen LogP contribution in [0, 0.1) is 0 Å². The molecule has 80 valence electrons. The molecule has 0 saturated carbocycles. The highest BCUT2D eigenvalue weighted by Crippen LogP contribution is 2.21. The third kappa shape index (κ3) is 3.33. The Morgan fingerprint density at radius 1 is 1.43 bits per heavy atom. The van der Waals surface area contributed by atoms with E-state index in [2.05, 4.69) is 10.1 Å². The Hall–Kier alpha value is -1.11. The summed E-state index contributed by atoms with van der Waals surface area (Å²) in [5.41, 5.74) is 0. The molecule has 0 fully saturated rings. The zero-order chi connectivity index (χ0) is 10.6. The average Bonchev–Trinajstić information content (AvgIpc) is 2.49. The lowest BCUT2D eigenvalue weighted by Crippen LogP contribution is -2.11. The highest BCUT2D eigenvalue weighted by molar-refractivity contribution is 4.80. The smallest absolute Gasteiger partial charge is 0.388 e. The molecule has 14 heavy (non-hydrogen) atoms. The number of alkyl halides is 3. The number of rotatable bonds is 4. The molecule has 0 unspecified atom stereocenters. The summed E-state index contributed by atoms with van der Waals surface area (Å²) in [5.74, 6) is 0.284. The molecule has 1 aromatic rings. The summed E-state index contributed by atoms with van der Waals surface area (Å²) in [5, 5.41) is 12.4. The van der Waals surface area contributed by atoms with Crippen molar-refractivity contribution in [3.8, 4) is 0 Å². The van der Waals surface area contributed by atoms with Crippen LogP contribution < -0.4 is 0 Å². The second kappa shape index (κ2) is 4.41. The van der Waals surface area contributed by atoms with Gasteiger partial charge in [-0.3, -0.25) is 0 Å². The Morgan fingerprint density at radius 2 is 2.14 bits per heavy atom. The topological polar surface area (TPSA) is 50.9 Å². The van der Waals surface area contributed by atoms with E-state index in [0.717, 1.165) is 0 Å². The highest BCUT2D eigenvalue weighted by atomic mass is 19.4. The van der Waals surface area contributed by atoms with Crippen molar-refractivity contribution < 1.29 is 18.3 Å². The van der Waals surface area contributed by atoms with Gasteiger partial charge in [0.1, 0.15) is 12.9 Å². The average molecular weight is 209 g/mol. The first-order chi connectivity index (χ1) is 6.53. The monoisotopic (exact) mass is 209 g/mol. The first-order valence-corrected chi connectivity index (χ1v) is 4.07. The maximum Gasteiger partial charge on any atom is 0.389 e. The van der Waals surface area contributed by atoms with E-state index in [0.29, 0.717) is 0 Å². The fourth-order valence-corrected chi connectivity index (χ4v) is 1.03. The van der Waals surface area contributed by atoms with Crippen LogP contribution in [0.1, 0.15) is 18.7 Å². The molecule has 0 aliphatic rings. The number of aliphatic hydroxyl groups is 1. The van der Waals surface area contributed by atoms with Gasteiger partial charge in [-0.25, -0.2) is 9.67 Å². The van der Waals surface area contributed by atoms with Gasteiger partial charge in [0.05, 0.1) is 0 Å². The Labute approximate surface area is 78.4 Å². The number of nitrogens with zero attached hydrogens (tertiary/aromatic N) is 3. The van der Waals surface area contributed by atoms with Crippen molar-refractivity contribution in [2.75, 3.05) is 0 Å². The molecule has 0 aromatic carbocycles. The number of hydrogen-bond donors (Lipinski definition) is 1. The molecule has 0 saturated heterocycles. The molecule has 0 spiro atoms. The van der Waals surface area contributed by atoms with Gasteiger partial charge in [-0.1, -0.05) is 0 Å². The maximum absolute atomic E-state index is 11.8. The van der Waals surface area contributed by atoms with Gasteiger partial charge in [-0.2, -0.15) is 18.3 Å². The van der Waals surface area contributed by atoms with Crippen LogP contribution in [-0.4, -0.2) is 26.0 Å². The lowest BCUT2D eigenvalue weighted by molar-refractivity contribution is -0.136. The highest BCUT2D eigenvalue weighted by Gasteiger charge is 2.26. The van der Waals surface area contributed by atoms with Crippen LogP contribution in [0.5, 0.6) is 0 Å². The lowest BCUT2D eigenvalue weighted by Gasteiger charge is -2.06. The Kier molecular flexibility index (Phi) is 3.45. The summed E-state index contributed by atoms with van der Waals surface area (Å²) in [7, 11) is 0. The van der Waals surface area contributed by atoms with Crippen molar-refractivity contribution in [1.29, 1.82) is 0 Å². The molecule has 0 bridgehead atoms. The van der Waals surface area contributed by atoms with Crippen molar-refractivity contribution in [2.24, 2.45) is 0 Å². The molecule has 7 heteroatoms.